The molecule has 1 unspecified atom stereocenters. The molecule has 1 aromatic carbocycles. The highest BCUT2D eigenvalue weighted by Gasteiger charge is 2.32. The summed E-state index contributed by atoms with van der Waals surface area (Å²) >= 11 is 3.51. The Bertz CT molecular complexity index is 404. The van der Waals surface area contributed by atoms with E-state index in [2.05, 4.69) is 21.2 Å². The van der Waals surface area contributed by atoms with Crippen molar-refractivity contribution in [2.75, 3.05) is 7.05 Å². The normalized spacial score (nSPS) is 13.4. The van der Waals surface area contributed by atoms with Gasteiger partial charge in [-0.1, -0.05) is 48.0 Å². The van der Waals surface area contributed by atoms with E-state index in [1.54, 1.807) is 0 Å². The number of aliphatic carboxylic acids is 1. The van der Waals surface area contributed by atoms with Crippen molar-refractivity contribution < 1.29 is 9.90 Å². The van der Waals surface area contributed by atoms with Crippen molar-refractivity contribution >= 4 is 21.9 Å². The lowest BCUT2D eigenvalue weighted by molar-refractivity contribution is -0.139. The van der Waals surface area contributed by atoms with Crippen LogP contribution in [0.1, 0.15) is 31.9 Å². The molecular weight excluding hydrogens is 282 g/mol. The second kappa shape index (κ2) is 5.65. The number of carboxylic acid groups (broad SMARTS) is 1. The fourth-order valence-corrected chi connectivity index (χ4v) is 2.68. The second-order valence-electron chi connectivity index (χ2n) is 4.80. The van der Waals surface area contributed by atoms with E-state index in [1.165, 1.54) is 0 Å². The van der Waals surface area contributed by atoms with E-state index in [0.717, 1.165) is 10.0 Å². The van der Waals surface area contributed by atoms with Crippen LogP contribution in [0.3, 0.4) is 0 Å². The molecule has 0 aliphatic carbocycles. The zero-order valence-corrected chi connectivity index (χ0v) is 11.9. The molecular formula is C13H18BrNO2. The number of benzene rings is 1. The van der Waals surface area contributed by atoms with Crippen LogP contribution in [0.25, 0.3) is 0 Å². The van der Waals surface area contributed by atoms with Crippen LogP contribution in [0.5, 0.6) is 0 Å². The molecule has 0 amide bonds. The van der Waals surface area contributed by atoms with Gasteiger partial charge in [-0.15, -0.1) is 0 Å². The topological polar surface area (TPSA) is 49.3 Å². The summed E-state index contributed by atoms with van der Waals surface area (Å²) in [6.45, 7) is 3.92. The molecule has 0 saturated carbocycles. The third-order valence-corrected chi connectivity index (χ3v) is 3.62. The third-order valence-electron chi connectivity index (χ3n) is 2.89. The molecule has 4 heteroatoms. The molecule has 17 heavy (non-hydrogen) atoms. The molecule has 1 aromatic rings. The van der Waals surface area contributed by atoms with Crippen LogP contribution in [0.4, 0.5) is 0 Å². The van der Waals surface area contributed by atoms with E-state index in [1.807, 2.05) is 45.2 Å². The van der Waals surface area contributed by atoms with E-state index in [4.69, 9.17) is 5.11 Å². The number of hydrogen-bond donors (Lipinski definition) is 2. The van der Waals surface area contributed by atoms with Crippen LogP contribution in [-0.2, 0) is 4.79 Å². The van der Waals surface area contributed by atoms with E-state index in [0.29, 0.717) is 0 Å². The molecule has 3 nitrogen and oxygen atoms in total. The number of hydrogen-bond acceptors (Lipinski definition) is 2. The van der Waals surface area contributed by atoms with Gasteiger partial charge in [0.1, 0.15) is 0 Å². The molecule has 1 rings (SSSR count). The first-order valence-corrected chi connectivity index (χ1v) is 6.31. The van der Waals surface area contributed by atoms with Crippen molar-refractivity contribution in [2.24, 2.45) is 5.41 Å². The zero-order chi connectivity index (χ0) is 13.1. The number of carboxylic acids is 1. The summed E-state index contributed by atoms with van der Waals surface area (Å²) in [6.07, 6.45) is 0.125. The smallest absolute Gasteiger partial charge is 0.303 e. The average molecular weight is 300 g/mol. The molecule has 94 valence electrons. The van der Waals surface area contributed by atoms with Gasteiger partial charge in [0.05, 0.1) is 6.42 Å². The van der Waals surface area contributed by atoms with Crippen molar-refractivity contribution in [1.29, 1.82) is 0 Å². The van der Waals surface area contributed by atoms with Crippen LogP contribution in [-0.4, -0.2) is 18.1 Å². The van der Waals surface area contributed by atoms with Gasteiger partial charge >= 0.3 is 5.97 Å². The summed E-state index contributed by atoms with van der Waals surface area (Å²) in [4.78, 5) is 10.9. The Labute approximate surface area is 110 Å². The zero-order valence-electron chi connectivity index (χ0n) is 10.3. The standard InChI is InChI=1S/C13H18BrNO2/c1-13(2,8-11(16)17)12(15-3)9-6-4-5-7-10(9)14/h4-7,12,15H,8H2,1-3H3,(H,16,17). The SMILES string of the molecule is CNC(c1ccccc1Br)C(C)(C)CC(=O)O. The fourth-order valence-electron chi connectivity index (χ4n) is 2.17. The molecule has 0 aromatic heterocycles. The molecule has 0 aliphatic rings. The van der Waals surface area contributed by atoms with Crippen molar-refractivity contribution in [3.63, 3.8) is 0 Å². The summed E-state index contributed by atoms with van der Waals surface area (Å²) < 4.78 is 0.998. The van der Waals surface area contributed by atoms with Crippen molar-refractivity contribution in [2.45, 2.75) is 26.3 Å². The highest BCUT2D eigenvalue weighted by molar-refractivity contribution is 9.10. The van der Waals surface area contributed by atoms with Gasteiger partial charge in [-0.25, -0.2) is 0 Å². The van der Waals surface area contributed by atoms with Gasteiger partial charge in [-0.05, 0) is 24.1 Å². The number of carbonyl (C=O) groups is 1. The summed E-state index contributed by atoms with van der Waals surface area (Å²) in [5, 5.41) is 12.2. The Morgan fingerprint density at radius 2 is 2.06 bits per heavy atom. The predicted octanol–water partition coefficient (Wildman–Crippen LogP) is 3.21. The number of nitrogens with one attached hydrogen (secondary N) is 1. The lowest BCUT2D eigenvalue weighted by atomic mass is 9.78. The molecule has 0 radical (unpaired) electrons. The predicted molar refractivity (Wildman–Crippen MR) is 72.0 cm³/mol. The third kappa shape index (κ3) is 3.54. The van der Waals surface area contributed by atoms with Crippen LogP contribution < -0.4 is 5.32 Å². The summed E-state index contributed by atoms with van der Waals surface area (Å²) in [5.41, 5.74) is 0.728. The fraction of sp³-hybridized carbons (Fsp3) is 0.462. The van der Waals surface area contributed by atoms with E-state index in [-0.39, 0.29) is 17.9 Å². The van der Waals surface area contributed by atoms with E-state index in [9.17, 15) is 4.79 Å². The van der Waals surface area contributed by atoms with Gasteiger partial charge in [0.2, 0.25) is 0 Å². The molecule has 0 bridgehead atoms. The van der Waals surface area contributed by atoms with Crippen molar-refractivity contribution in [3.05, 3.63) is 34.3 Å². The Morgan fingerprint density at radius 3 is 2.53 bits per heavy atom. The first kappa shape index (κ1) is 14.2. The number of rotatable bonds is 5. The first-order valence-electron chi connectivity index (χ1n) is 5.52. The highest BCUT2D eigenvalue weighted by Crippen LogP contribution is 2.38. The van der Waals surface area contributed by atoms with E-state index >= 15 is 0 Å². The monoisotopic (exact) mass is 299 g/mol. The summed E-state index contributed by atoms with van der Waals surface area (Å²) in [6, 6.07) is 7.88. The minimum absolute atomic E-state index is 0.00539. The second-order valence-corrected chi connectivity index (χ2v) is 5.66. The van der Waals surface area contributed by atoms with Crippen LogP contribution in [0.15, 0.2) is 28.7 Å². The van der Waals surface area contributed by atoms with Crippen LogP contribution in [0, 0.1) is 5.41 Å². The molecule has 0 saturated heterocycles. The highest BCUT2D eigenvalue weighted by atomic mass is 79.9. The first-order chi connectivity index (χ1) is 7.88. The van der Waals surface area contributed by atoms with Gasteiger partial charge in [0.25, 0.3) is 0 Å². The lowest BCUT2D eigenvalue weighted by Crippen LogP contribution is -2.34. The molecule has 0 fully saturated rings. The largest absolute Gasteiger partial charge is 0.481 e. The Hall–Kier alpha value is -0.870. The van der Waals surface area contributed by atoms with Crippen molar-refractivity contribution in [1.82, 2.24) is 5.32 Å². The Kier molecular flexibility index (Phi) is 4.71. The molecule has 0 aliphatic heterocycles. The van der Waals surface area contributed by atoms with Gasteiger partial charge in [0, 0.05) is 10.5 Å². The molecule has 1 atom stereocenters. The van der Waals surface area contributed by atoms with E-state index < -0.39 is 5.97 Å². The molecule has 0 heterocycles. The maximum absolute atomic E-state index is 10.9. The maximum Gasteiger partial charge on any atom is 0.303 e. The average Bonchev–Trinajstić information content (AvgIpc) is 2.19. The minimum atomic E-state index is -0.776. The van der Waals surface area contributed by atoms with Gasteiger partial charge in [-0.2, -0.15) is 0 Å². The van der Waals surface area contributed by atoms with Gasteiger partial charge < -0.3 is 10.4 Å². The minimum Gasteiger partial charge on any atom is -0.481 e. The van der Waals surface area contributed by atoms with Crippen molar-refractivity contribution in [3.8, 4) is 0 Å². The molecule has 0 spiro atoms. The summed E-state index contributed by atoms with van der Waals surface area (Å²) in [5.74, 6) is -0.776. The van der Waals surface area contributed by atoms with Crippen LogP contribution in [0.2, 0.25) is 0 Å². The maximum atomic E-state index is 10.9. The quantitative estimate of drug-likeness (QED) is 0.878. The van der Waals surface area contributed by atoms with Gasteiger partial charge in [-0.3, -0.25) is 4.79 Å². The number of halogens is 1. The Morgan fingerprint density at radius 1 is 1.47 bits per heavy atom. The van der Waals surface area contributed by atoms with Crippen LogP contribution >= 0.6 is 15.9 Å². The van der Waals surface area contributed by atoms with Gasteiger partial charge in [0.15, 0.2) is 0 Å². The summed E-state index contributed by atoms with van der Waals surface area (Å²) in [7, 11) is 1.85. The Balaban J connectivity index is 3.07. The molecule has 2 N–H and O–H groups in total. The lowest BCUT2D eigenvalue weighted by Gasteiger charge is -2.34.